The van der Waals surface area contributed by atoms with Crippen LogP contribution in [0.2, 0.25) is 5.02 Å². The lowest BCUT2D eigenvalue weighted by molar-refractivity contribution is 0.186. The Labute approximate surface area is 155 Å². The highest BCUT2D eigenvalue weighted by molar-refractivity contribution is 7.18. The SMILES string of the molecule is COCCn1c(-c2ccccc2Cl)nc2sc3c(c2c1=O)CCCC3. The first kappa shape index (κ1) is 16.8. The molecule has 6 heteroatoms. The zero-order valence-electron chi connectivity index (χ0n) is 14.0. The molecule has 0 N–H and O–H groups in total. The number of methoxy groups -OCH3 is 1. The topological polar surface area (TPSA) is 44.1 Å². The van der Waals surface area contributed by atoms with Crippen molar-refractivity contribution in [2.24, 2.45) is 0 Å². The molecular weight excluding hydrogens is 356 g/mol. The fourth-order valence-corrected chi connectivity index (χ4v) is 4.95. The van der Waals surface area contributed by atoms with E-state index in [1.54, 1.807) is 23.0 Å². The van der Waals surface area contributed by atoms with Gasteiger partial charge in [-0.3, -0.25) is 9.36 Å². The number of ether oxygens (including phenoxy) is 1. The molecule has 0 amide bonds. The summed E-state index contributed by atoms with van der Waals surface area (Å²) in [5, 5.41) is 1.40. The minimum Gasteiger partial charge on any atom is -0.383 e. The number of halogens is 1. The summed E-state index contributed by atoms with van der Waals surface area (Å²) < 4.78 is 6.93. The molecule has 0 spiro atoms. The Bertz CT molecular complexity index is 993. The van der Waals surface area contributed by atoms with Crippen molar-refractivity contribution in [1.82, 2.24) is 9.55 Å². The van der Waals surface area contributed by atoms with Gasteiger partial charge in [-0.25, -0.2) is 4.98 Å². The first-order valence-corrected chi connectivity index (χ1v) is 9.69. The lowest BCUT2D eigenvalue weighted by Crippen LogP contribution is -2.25. The summed E-state index contributed by atoms with van der Waals surface area (Å²) in [4.78, 5) is 20.3. The van der Waals surface area contributed by atoms with Crippen molar-refractivity contribution >= 4 is 33.2 Å². The Balaban J connectivity index is 2.01. The smallest absolute Gasteiger partial charge is 0.262 e. The summed E-state index contributed by atoms with van der Waals surface area (Å²) in [6, 6.07) is 7.53. The second-order valence-electron chi connectivity index (χ2n) is 6.26. The summed E-state index contributed by atoms with van der Waals surface area (Å²) in [6.07, 6.45) is 4.36. The fraction of sp³-hybridized carbons (Fsp3) is 0.368. The lowest BCUT2D eigenvalue weighted by Gasteiger charge is -2.14. The van der Waals surface area contributed by atoms with E-state index in [1.807, 2.05) is 24.3 Å². The second-order valence-corrected chi connectivity index (χ2v) is 7.75. The van der Waals surface area contributed by atoms with Crippen molar-refractivity contribution in [1.29, 1.82) is 0 Å². The van der Waals surface area contributed by atoms with Crippen LogP contribution in [0.5, 0.6) is 0 Å². The molecule has 0 aliphatic heterocycles. The van der Waals surface area contributed by atoms with Gasteiger partial charge in [0.05, 0.1) is 23.6 Å². The monoisotopic (exact) mass is 374 g/mol. The number of thiophene rings is 1. The number of nitrogens with zero attached hydrogens (tertiary/aromatic N) is 2. The van der Waals surface area contributed by atoms with E-state index < -0.39 is 0 Å². The zero-order chi connectivity index (χ0) is 17.4. The van der Waals surface area contributed by atoms with Gasteiger partial charge in [0.1, 0.15) is 10.7 Å². The lowest BCUT2D eigenvalue weighted by atomic mass is 9.97. The number of aryl methyl sites for hydroxylation is 2. The number of aromatic nitrogens is 2. The highest BCUT2D eigenvalue weighted by Gasteiger charge is 2.23. The average molecular weight is 375 g/mol. The maximum Gasteiger partial charge on any atom is 0.262 e. The predicted molar refractivity (Wildman–Crippen MR) is 103 cm³/mol. The van der Waals surface area contributed by atoms with Crippen LogP contribution in [0.4, 0.5) is 0 Å². The molecule has 25 heavy (non-hydrogen) atoms. The van der Waals surface area contributed by atoms with Crippen molar-refractivity contribution in [3.05, 3.63) is 50.1 Å². The quantitative estimate of drug-likeness (QED) is 0.683. The van der Waals surface area contributed by atoms with Gasteiger partial charge in [-0.05, 0) is 43.4 Å². The van der Waals surface area contributed by atoms with Gasteiger partial charge in [-0.15, -0.1) is 11.3 Å². The molecular formula is C19H19ClN2O2S. The minimum atomic E-state index is 0.0244. The van der Waals surface area contributed by atoms with Gasteiger partial charge in [0, 0.05) is 17.6 Å². The van der Waals surface area contributed by atoms with Crippen molar-refractivity contribution in [3.63, 3.8) is 0 Å². The first-order valence-electron chi connectivity index (χ1n) is 8.49. The van der Waals surface area contributed by atoms with Crippen LogP contribution >= 0.6 is 22.9 Å². The third-order valence-corrected chi connectivity index (χ3v) is 6.22. The predicted octanol–water partition coefficient (Wildman–Crippen LogP) is 4.30. The molecule has 2 heterocycles. The molecule has 2 aromatic heterocycles. The average Bonchev–Trinajstić information content (AvgIpc) is 3.00. The van der Waals surface area contributed by atoms with Crippen LogP contribution in [0, 0.1) is 0 Å². The molecule has 1 aromatic carbocycles. The van der Waals surface area contributed by atoms with Crippen LogP contribution in [0.3, 0.4) is 0 Å². The van der Waals surface area contributed by atoms with E-state index in [0.717, 1.165) is 35.0 Å². The molecule has 0 atom stereocenters. The van der Waals surface area contributed by atoms with Crippen LogP contribution in [0.25, 0.3) is 21.6 Å². The molecule has 0 radical (unpaired) electrons. The molecule has 4 rings (SSSR count). The standard InChI is InChI=1S/C19H19ClN2O2S/c1-24-11-10-22-17(12-6-2-4-8-14(12)20)21-18-16(19(22)23)13-7-3-5-9-15(13)25-18/h2,4,6,8H,3,5,7,9-11H2,1H3. The van der Waals surface area contributed by atoms with Crippen LogP contribution in [-0.4, -0.2) is 23.3 Å². The number of hydrogen-bond donors (Lipinski definition) is 0. The maximum atomic E-state index is 13.3. The number of fused-ring (bicyclic) bond motifs is 3. The number of rotatable bonds is 4. The van der Waals surface area contributed by atoms with E-state index in [-0.39, 0.29) is 5.56 Å². The van der Waals surface area contributed by atoms with Gasteiger partial charge >= 0.3 is 0 Å². The largest absolute Gasteiger partial charge is 0.383 e. The fourth-order valence-electron chi connectivity index (χ4n) is 3.48. The Kier molecular flexibility index (Phi) is 4.63. The van der Waals surface area contributed by atoms with E-state index in [4.69, 9.17) is 21.3 Å². The summed E-state index contributed by atoms with van der Waals surface area (Å²) in [7, 11) is 1.64. The summed E-state index contributed by atoms with van der Waals surface area (Å²) in [5.41, 5.74) is 2.02. The van der Waals surface area contributed by atoms with E-state index in [2.05, 4.69) is 0 Å². The van der Waals surface area contributed by atoms with E-state index in [1.165, 1.54) is 16.9 Å². The third kappa shape index (κ3) is 2.90. The molecule has 1 aliphatic rings. The number of hydrogen-bond acceptors (Lipinski definition) is 4. The first-order chi connectivity index (χ1) is 12.2. The molecule has 4 nitrogen and oxygen atoms in total. The van der Waals surface area contributed by atoms with Crippen LogP contribution in [0.1, 0.15) is 23.3 Å². The van der Waals surface area contributed by atoms with Gasteiger partial charge in [0.15, 0.2) is 0 Å². The Morgan fingerprint density at radius 3 is 2.88 bits per heavy atom. The summed E-state index contributed by atoms with van der Waals surface area (Å²) in [5.74, 6) is 0.624. The van der Waals surface area contributed by atoms with Crippen molar-refractivity contribution < 1.29 is 4.74 Å². The molecule has 0 unspecified atom stereocenters. The maximum absolute atomic E-state index is 13.3. The second kappa shape index (κ2) is 6.90. The molecule has 0 bridgehead atoms. The van der Waals surface area contributed by atoms with Gasteiger partial charge in [-0.2, -0.15) is 0 Å². The van der Waals surface area contributed by atoms with E-state index in [9.17, 15) is 4.79 Å². The van der Waals surface area contributed by atoms with Crippen molar-refractivity contribution in [2.45, 2.75) is 32.2 Å². The zero-order valence-corrected chi connectivity index (χ0v) is 15.6. The van der Waals surface area contributed by atoms with Gasteiger partial charge < -0.3 is 4.74 Å². The Morgan fingerprint density at radius 1 is 1.28 bits per heavy atom. The third-order valence-electron chi connectivity index (χ3n) is 4.71. The summed E-state index contributed by atoms with van der Waals surface area (Å²) >= 11 is 8.05. The molecule has 1 aliphatic carbocycles. The normalized spacial score (nSPS) is 14.0. The van der Waals surface area contributed by atoms with Crippen molar-refractivity contribution in [2.75, 3.05) is 13.7 Å². The highest BCUT2D eigenvalue weighted by Crippen LogP contribution is 2.35. The Morgan fingerprint density at radius 2 is 2.08 bits per heavy atom. The molecule has 0 saturated carbocycles. The Hall–Kier alpha value is -1.69. The van der Waals surface area contributed by atoms with E-state index >= 15 is 0 Å². The molecule has 0 fully saturated rings. The van der Waals surface area contributed by atoms with Crippen LogP contribution < -0.4 is 5.56 Å². The van der Waals surface area contributed by atoms with Gasteiger partial charge in [0.2, 0.25) is 0 Å². The van der Waals surface area contributed by atoms with Crippen molar-refractivity contribution in [3.8, 4) is 11.4 Å². The highest BCUT2D eigenvalue weighted by atomic mass is 35.5. The van der Waals surface area contributed by atoms with E-state index in [0.29, 0.717) is 24.0 Å². The summed E-state index contributed by atoms with van der Waals surface area (Å²) in [6.45, 7) is 0.917. The molecule has 130 valence electrons. The molecule has 0 saturated heterocycles. The van der Waals surface area contributed by atoms with Gasteiger partial charge in [0.25, 0.3) is 5.56 Å². The van der Waals surface area contributed by atoms with Crippen LogP contribution in [0.15, 0.2) is 29.1 Å². The van der Waals surface area contributed by atoms with Gasteiger partial charge in [-0.1, -0.05) is 23.7 Å². The minimum absolute atomic E-state index is 0.0244. The molecule has 3 aromatic rings. The van der Waals surface area contributed by atoms with Crippen LogP contribution in [-0.2, 0) is 24.1 Å². The number of benzene rings is 1.